The zero-order chi connectivity index (χ0) is 14.9. The van der Waals surface area contributed by atoms with E-state index in [9.17, 15) is 18.0 Å². The molecule has 3 N–H and O–H groups in total. The van der Waals surface area contributed by atoms with E-state index in [2.05, 4.69) is 5.32 Å². The van der Waals surface area contributed by atoms with E-state index in [1.807, 2.05) is 0 Å². The minimum atomic E-state index is -4.46. The van der Waals surface area contributed by atoms with E-state index in [1.54, 1.807) is 22.6 Å². The van der Waals surface area contributed by atoms with Gasteiger partial charge in [0.2, 0.25) is 0 Å². The first-order valence-corrected chi connectivity index (χ1v) is 7.28. The Bertz CT molecular complexity index is 521. The highest BCUT2D eigenvalue weighted by Gasteiger charge is 2.33. The second kappa shape index (κ2) is 7.15. The summed E-state index contributed by atoms with van der Waals surface area (Å²) < 4.78 is 38.5. The van der Waals surface area contributed by atoms with Gasteiger partial charge in [0, 0.05) is 21.7 Å². The molecule has 1 unspecified atom stereocenters. The Hall–Kier alpha value is -0.540. The second-order valence-electron chi connectivity index (χ2n) is 4.88. The summed E-state index contributed by atoms with van der Waals surface area (Å²) in [4.78, 5) is 12.0. The zero-order valence-corrected chi connectivity index (χ0v) is 13.9. The zero-order valence-electron chi connectivity index (χ0n) is 10.9. The van der Waals surface area contributed by atoms with Gasteiger partial charge in [-0.25, -0.2) is 0 Å². The summed E-state index contributed by atoms with van der Waals surface area (Å²) in [6.07, 6.45) is -2.45. The van der Waals surface area contributed by atoms with Crippen LogP contribution in [0.1, 0.15) is 28.8 Å². The van der Waals surface area contributed by atoms with E-state index in [1.165, 1.54) is 6.07 Å². The summed E-state index contributed by atoms with van der Waals surface area (Å²) >= 11 is 1.77. The fourth-order valence-corrected chi connectivity index (χ4v) is 2.67. The molecule has 1 atom stereocenters. The monoisotopic (exact) mass is 434 g/mol. The van der Waals surface area contributed by atoms with Crippen LogP contribution in [0.2, 0.25) is 0 Å². The van der Waals surface area contributed by atoms with Crippen molar-refractivity contribution < 1.29 is 18.0 Å². The van der Waals surface area contributed by atoms with Gasteiger partial charge in [0.15, 0.2) is 0 Å². The van der Waals surface area contributed by atoms with Crippen molar-refractivity contribution in [3.05, 3.63) is 32.9 Å². The minimum absolute atomic E-state index is 0. The Morgan fingerprint density at radius 1 is 1.38 bits per heavy atom. The van der Waals surface area contributed by atoms with Crippen LogP contribution in [0.15, 0.2) is 18.2 Å². The molecule has 1 fully saturated rings. The molecule has 0 spiro atoms. The van der Waals surface area contributed by atoms with Gasteiger partial charge in [-0.15, -0.1) is 12.4 Å². The molecule has 0 saturated heterocycles. The van der Waals surface area contributed by atoms with Gasteiger partial charge < -0.3 is 11.1 Å². The first kappa shape index (κ1) is 18.5. The quantitative estimate of drug-likeness (QED) is 0.715. The second-order valence-corrected chi connectivity index (χ2v) is 6.13. The molecule has 1 saturated carbocycles. The van der Waals surface area contributed by atoms with Crippen molar-refractivity contribution in [2.45, 2.75) is 25.1 Å². The summed E-state index contributed by atoms with van der Waals surface area (Å²) in [7, 11) is 0. The Morgan fingerprint density at radius 3 is 2.48 bits per heavy atom. The van der Waals surface area contributed by atoms with E-state index in [0.29, 0.717) is 16.0 Å². The fraction of sp³-hybridized carbons (Fsp3) is 0.462. The molecule has 1 aliphatic rings. The van der Waals surface area contributed by atoms with Gasteiger partial charge in [-0.3, -0.25) is 4.79 Å². The van der Waals surface area contributed by atoms with Gasteiger partial charge in [0.25, 0.3) is 5.91 Å². The molecular formula is C13H15ClF3IN2O. The number of hydrogen-bond donors (Lipinski definition) is 2. The van der Waals surface area contributed by atoms with Gasteiger partial charge in [-0.1, -0.05) is 0 Å². The van der Waals surface area contributed by atoms with E-state index in [0.717, 1.165) is 25.0 Å². The molecule has 1 aromatic carbocycles. The number of rotatable bonds is 4. The van der Waals surface area contributed by atoms with Crippen molar-refractivity contribution >= 4 is 40.9 Å². The highest BCUT2D eigenvalue weighted by Crippen LogP contribution is 2.33. The maximum atomic E-state index is 12.7. The van der Waals surface area contributed by atoms with Gasteiger partial charge in [0.05, 0.1) is 5.56 Å². The van der Waals surface area contributed by atoms with Crippen LogP contribution in [-0.2, 0) is 6.18 Å². The Kier molecular flexibility index (Phi) is 6.30. The third-order valence-corrected chi connectivity index (χ3v) is 3.87. The standard InChI is InChI=1S/C13H14F3IN2O.ClH/c14-13(15,16)9-3-8(4-10(17)5-9)12(20)19-11(6-18)7-1-2-7;/h3-5,7,11H,1-2,6,18H2,(H,19,20);1H. The molecule has 118 valence electrons. The topological polar surface area (TPSA) is 55.1 Å². The molecule has 0 bridgehead atoms. The lowest BCUT2D eigenvalue weighted by Gasteiger charge is -2.17. The number of nitrogens with one attached hydrogen (secondary N) is 1. The van der Waals surface area contributed by atoms with Crippen LogP contribution in [0.4, 0.5) is 13.2 Å². The van der Waals surface area contributed by atoms with Crippen molar-refractivity contribution in [3.63, 3.8) is 0 Å². The summed E-state index contributed by atoms with van der Waals surface area (Å²) in [5.74, 6) is -0.148. The molecule has 21 heavy (non-hydrogen) atoms. The van der Waals surface area contributed by atoms with Crippen molar-refractivity contribution in [1.82, 2.24) is 5.32 Å². The maximum Gasteiger partial charge on any atom is 0.416 e. The highest BCUT2D eigenvalue weighted by atomic mass is 127. The molecule has 0 heterocycles. The molecule has 0 aliphatic heterocycles. The van der Waals surface area contributed by atoms with E-state index >= 15 is 0 Å². The van der Waals surface area contributed by atoms with E-state index in [4.69, 9.17) is 5.73 Å². The molecule has 1 aliphatic carbocycles. The first-order chi connectivity index (χ1) is 9.31. The highest BCUT2D eigenvalue weighted by molar-refractivity contribution is 14.1. The van der Waals surface area contributed by atoms with Crippen LogP contribution in [0, 0.1) is 9.49 Å². The third kappa shape index (κ3) is 5.00. The molecule has 0 radical (unpaired) electrons. The first-order valence-electron chi connectivity index (χ1n) is 6.20. The normalized spacial score (nSPS) is 16.0. The lowest BCUT2D eigenvalue weighted by atomic mass is 10.1. The molecule has 3 nitrogen and oxygen atoms in total. The van der Waals surface area contributed by atoms with Crippen molar-refractivity contribution in [2.24, 2.45) is 11.7 Å². The van der Waals surface area contributed by atoms with Crippen LogP contribution in [-0.4, -0.2) is 18.5 Å². The maximum absolute atomic E-state index is 12.7. The summed E-state index contributed by atoms with van der Waals surface area (Å²) in [6.45, 7) is 0.298. The lowest BCUT2D eigenvalue weighted by Crippen LogP contribution is -2.41. The number of nitrogens with two attached hydrogens (primary N) is 1. The molecular weight excluding hydrogens is 420 g/mol. The fourth-order valence-electron chi connectivity index (χ4n) is 2.00. The van der Waals surface area contributed by atoms with E-state index in [-0.39, 0.29) is 24.0 Å². The van der Waals surface area contributed by atoms with Gasteiger partial charge in [0.1, 0.15) is 0 Å². The Morgan fingerprint density at radius 2 is 2.00 bits per heavy atom. The molecule has 0 aromatic heterocycles. The Labute approximate surface area is 140 Å². The van der Waals surface area contributed by atoms with Gasteiger partial charge >= 0.3 is 6.18 Å². The van der Waals surface area contributed by atoms with Crippen LogP contribution in [0.3, 0.4) is 0 Å². The summed E-state index contributed by atoms with van der Waals surface area (Å²) in [5, 5.41) is 2.72. The third-order valence-electron chi connectivity index (χ3n) is 3.25. The number of carbonyl (C=O) groups excluding carboxylic acids is 1. The predicted molar refractivity (Wildman–Crippen MR) is 84.4 cm³/mol. The minimum Gasteiger partial charge on any atom is -0.348 e. The van der Waals surface area contributed by atoms with Crippen LogP contribution in [0.25, 0.3) is 0 Å². The average Bonchev–Trinajstić information content (AvgIpc) is 3.18. The smallest absolute Gasteiger partial charge is 0.348 e. The lowest BCUT2D eigenvalue weighted by molar-refractivity contribution is -0.137. The number of halogens is 5. The van der Waals surface area contributed by atoms with Crippen LogP contribution in [0.5, 0.6) is 0 Å². The number of carbonyl (C=O) groups is 1. The average molecular weight is 435 g/mol. The van der Waals surface area contributed by atoms with Gasteiger partial charge in [-0.2, -0.15) is 13.2 Å². The molecule has 1 amide bonds. The number of hydrogen-bond acceptors (Lipinski definition) is 2. The number of benzene rings is 1. The Balaban J connectivity index is 0.00000220. The summed E-state index contributed by atoms with van der Waals surface area (Å²) in [5.41, 5.74) is 4.78. The predicted octanol–water partition coefficient (Wildman–Crippen LogP) is 3.20. The molecule has 2 rings (SSSR count). The van der Waals surface area contributed by atoms with Gasteiger partial charge in [-0.05, 0) is 59.5 Å². The van der Waals surface area contributed by atoms with E-state index < -0.39 is 17.6 Å². The number of amides is 1. The SMILES string of the molecule is Cl.NCC(NC(=O)c1cc(I)cc(C(F)(F)F)c1)C1CC1. The largest absolute Gasteiger partial charge is 0.416 e. The van der Waals surface area contributed by atoms with Crippen molar-refractivity contribution in [3.8, 4) is 0 Å². The van der Waals surface area contributed by atoms with Crippen LogP contribution < -0.4 is 11.1 Å². The number of alkyl halides is 3. The summed E-state index contributed by atoms with van der Waals surface area (Å²) in [6, 6.07) is 3.16. The van der Waals surface area contributed by atoms with Crippen molar-refractivity contribution in [1.29, 1.82) is 0 Å². The van der Waals surface area contributed by atoms with Crippen LogP contribution >= 0.6 is 35.0 Å². The van der Waals surface area contributed by atoms with Crippen molar-refractivity contribution in [2.75, 3.05) is 6.54 Å². The molecule has 8 heteroatoms. The molecule has 1 aromatic rings.